The molecule has 2 aromatic heterocycles. The minimum atomic E-state index is -0.187. The van der Waals surface area contributed by atoms with Gasteiger partial charge < -0.3 is 5.32 Å². The van der Waals surface area contributed by atoms with Crippen LogP contribution >= 0.6 is 23.1 Å². The van der Waals surface area contributed by atoms with Crippen molar-refractivity contribution in [3.8, 4) is 10.7 Å². The molecule has 0 spiro atoms. The van der Waals surface area contributed by atoms with E-state index in [9.17, 15) is 4.79 Å². The van der Waals surface area contributed by atoms with Crippen molar-refractivity contribution in [2.24, 2.45) is 0 Å². The maximum absolute atomic E-state index is 12.3. The third-order valence-corrected chi connectivity index (χ3v) is 5.87. The topological polar surface area (TPSA) is 54.9 Å². The standard InChI is InChI=1S/C19H21N3OS2/c1-4-19(2,3)22-16(23)12-25-18-13-8-5-6-9-14(13)20-17(21-18)15-10-7-11-24-15/h5-11H,4,12H2,1-3H3,(H,22,23). The van der Waals surface area contributed by atoms with Crippen LogP contribution in [0.5, 0.6) is 0 Å². The Morgan fingerprint density at radius 1 is 1.20 bits per heavy atom. The van der Waals surface area contributed by atoms with Gasteiger partial charge in [0.05, 0.1) is 16.1 Å². The molecule has 1 aromatic carbocycles. The van der Waals surface area contributed by atoms with E-state index in [4.69, 9.17) is 4.98 Å². The lowest BCUT2D eigenvalue weighted by Gasteiger charge is -2.24. The van der Waals surface area contributed by atoms with Gasteiger partial charge in [0.15, 0.2) is 5.82 Å². The summed E-state index contributed by atoms with van der Waals surface area (Å²) < 4.78 is 0. The number of carbonyl (C=O) groups is 1. The van der Waals surface area contributed by atoms with E-state index in [-0.39, 0.29) is 11.4 Å². The summed E-state index contributed by atoms with van der Waals surface area (Å²) >= 11 is 3.08. The molecule has 25 heavy (non-hydrogen) atoms. The van der Waals surface area contributed by atoms with E-state index < -0.39 is 0 Å². The van der Waals surface area contributed by atoms with E-state index in [1.54, 1.807) is 11.3 Å². The molecule has 0 aliphatic rings. The van der Waals surface area contributed by atoms with Gasteiger partial charge in [-0.05, 0) is 37.8 Å². The first-order chi connectivity index (χ1) is 12.0. The van der Waals surface area contributed by atoms with E-state index in [0.717, 1.165) is 27.2 Å². The molecular weight excluding hydrogens is 350 g/mol. The first-order valence-electron chi connectivity index (χ1n) is 8.23. The van der Waals surface area contributed by atoms with Gasteiger partial charge in [-0.1, -0.05) is 43.0 Å². The van der Waals surface area contributed by atoms with Crippen molar-refractivity contribution in [2.45, 2.75) is 37.8 Å². The second-order valence-electron chi connectivity index (χ2n) is 6.42. The number of aromatic nitrogens is 2. The maximum Gasteiger partial charge on any atom is 0.230 e. The minimum Gasteiger partial charge on any atom is -0.351 e. The van der Waals surface area contributed by atoms with Crippen LogP contribution in [-0.2, 0) is 4.79 Å². The van der Waals surface area contributed by atoms with Gasteiger partial charge in [-0.25, -0.2) is 9.97 Å². The third kappa shape index (κ3) is 4.38. The molecule has 0 aliphatic heterocycles. The van der Waals surface area contributed by atoms with Crippen LogP contribution in [0.1, 0.15) is 27.2 Å². The fourth-order valence-electron chi connectivity index (χ4n) is 2.31. The highest BCUT2D eigenvalue weighted by atomic mass is 32.2. The smallest absolute Gasteiger partial charge is 0.230 e. The molecule has 3 aromatic rings. The number of nitrogens with zero attached hydrogens (tertiary/aromatic N) is 2. The second kappa shape index (κ2) is 7.54. The predicted molar refractivity (Wildman–Crippen MR) is 106 cm³/mol. The van der Waals surface area contributed by atoms with E-state index in [1.165, 1.54) is 11.8 Å². The summed E-state index contributed by atoms with van der Waals surface area (Å²) in [6.07, 6.45) is 0.891. The number of para-hydroxylation sites is 1. The van der Waals surface area contributed by atoms with Gasteiger partial charge in [-0.15, -0.1) is 11.3 Å². The average Bonchev–Trinajstić information content (AvgIpc) is 3.13. The van der Waals surface area contributed by atoms with Gasteiger partial charge in [0.2, 0.25) is 5.91 Å². The Balaban J connectivity index is 1.86. The normalized spacial score (nSPS) is 11.6. The number of fused-ring (bicyclic) bond motifs is 1. The van der Waals surface area contributed by atoms with Gasteiger partial charge in [0.1, 0.15) is 5.03 Å². The number of thioether (sulfide) groups is 1. The van der Waals surface area contributed by atoms with Crippen molar-refractivity contribution in [3.63, 3.8) is 0 Å². The number of hydrogen-bond acceptors (Lipinski definition) is 5. The Kier molecular flexibility index (Phi) is 5.39. The zero-order valence-corrected chi connectivity index (χ0v) is 16.2. The molecule has 130 valence electrons. The van der Waals surface area contributed by atoms with E-state index in [0.29, 0.717) is 11.6 Å². The average molecular weight is 372 g/mol. The Bertz CT molecular complexity index is 876. The summed E-state index contributed by atoms with van der Waals surface area (Å²) in [5, 5.41) is 6.91. The Labute approximate surface area is 156 Å². The van der Waals surface area contributed by atoms with Crippen LogP contribution in [0.2, 0.25) is 0 Å². The lowest BCUT2D eigenvalue weighted by atomic mass is 10.0. The SMILES string of the molecule is CCC(C)(C)NC(=O)CSc1nc(-c2cccs2)nc2ccccc12. The van der Waals surface area contributed by atoms with Crippen LogP contribution in [0.3, 0.4) is 0 Å². The minimum absolute atomic E-state index is 0.0252. The highest BCUT2D eigenvalue weighted by Gasteiger charge is 2.18. The summed E-state index contributed by atoms with van der Waals surface area (Å²) in [5.74, 6) is 1.08. The van der Waals surface area contributed by atoms with E-state index in [1.807, 2.05) is 55.6 Å². The molecule has 2 heterocycles. The number of nitrogens with one attached hydrogen (secondary N) is 1. The largest absolute Gasteiger partial charge is 0.351 e. The van der Waals surface area contributed by atoms with E-state index >= 15 is 0 Å². The van der Waals surface area contributed by atoms with Crippen LogP contribution in [0.15, 0.2) is 46.8 Å². The van der Waals surface area contributed by atoms with E-state index in [2.05, 4.69) is 17.2 Å². The molecule has 3 rings (SSSR count). The molecule has 0 atom stereocenters. The highest BCUT2D eigenvalue weighted by molar-refractivity contribution is 8.00. The van der Waals surface area contributed by atoms with Crippen molar-refractivity contribution < 1.29 is 4.79 Å². The van der Waals surface area contributed by atoms with Gasteiger partial charge in [-0.2, -0.15) is 0 Å². The summed E-state index contributed by atoms with van der Waals surface area (Å²) in [5.41, 5.74) is 0.714. The first kappa shape index (κ1) is 17.9. The molecule has 0 saturated carbocycles. The lowest BCUT2D eigenvalue weighted by Crippen LogP contribution is -2.43. The molecule has 0 radical (unpaired) electrons. The van der Waals surface area contributed by atoms with Crippen molar-refractivity contribution >= 4 is 39.9 Å². The second-order valence-corrected chi connectivity index (χ2v) is 8.33. The number of rotatable bonds is 6. The van der Waals surface area contributed by atoms with Crippen LogP contribution in [0.4, 0.5) is 0 Å². The van der Waals surface area contributed by atoms with Crippen LogP contribution < -0.4 is 5.32 Å². The summed E-state index contributed by atoms with van der Waals surface area (Å²) in [6.45, 7) is 6.13. The fraction of sp³-hybridized carbons (Fsp3) is 0.316. The molecule has 0 fully saturated rings. The number of hydrogen-bond donors (Lipinski definition) is 1. The monoisotopic (exact) mass is 371 g/mol. The molecule has 0 aliphatic carbocycles. The zero-order chi connectivity index (χ0) is 17.9. The summed E-state index contributed by atoms with van der Waals surface area (Å²) in [6, 6.07) is 11.9. The van der Waals surface area contributed by atoms with Gasteiger partial charge in [-0.3, -0.25) is 4.79 Å². The molecule has 0 unspecified atom stereocenters. The zero-order valence-electron chi connectivity index (χ0n) is 14.6. The molecule has 1 N–H and O–H groups in total. The molecule has 0 bridgehead atoms. The lowest BCUT2D eigenvalue weighted by molar-refractivity contribution is -0.120. The highest BCUT2D eigenvalue weighted by Crippen LogP contribution is 2.30. The molecule has 4 nitrogen and oxygen atoms in total. The molecule has 6 heteroatoms. The molecular formula is C19H21N3OS2. The quantitative estimate of drug-likeness (QED) is 0.501. The Hall–Kier alpha value is -1.92. The Morgan fingerprint density at radius 2 is 2.00 bits per heavy atom. The Morgan fingerprint density at radius 3 is 2.72 bits per heavy atom. The van der Waals surface area contributed by atoms with Crippen molar-refractivity contribution in [2.75, 3.05) is 5.75 Å². The fourth-order valence-corrected chi connectivity index (χ4v) is 3.79. The third-order valence-electron chi connectivity index (χ3n) is 4.01. The van der Waals surface area contributed by atoms with Crippen molar-refractivity contribution in [3.05, 3.63) is 41.8 Å². The molecule has 0 saturated heterocycles. The van der Waals surface area contributed by atoms with Crippen molar-refractivity contribution in [1.29, 1.82) is 0 Å². The van der Waals surface area contributed by atoms with Crippen LogP contribution in [-0.4, -0.2) is 27.2 Å². The van der Waals surface area contributed by atoms with Gasteiger partial charge in [0, 0.05) is 10.9 Å². The summed E-state index contributed by atoms with van der Waals surface area (Å²) in [7, 11) is 0. The van der Waals surface area contributed by atoms with Crippen LogP contribution in [0.25, 0.3) is 21.6 Å². The van der Waals surface area contributed by atoms with Crippen molar-refractivity contribution in [1.82, 2.24) is 15.3 Å². The number of amides is 1. The number of benzene rings is 1. The maximum atomic E-state index is 12.3. The molecule has 1 amide bonds. The number of thiophene rings is 1. The summed E-state index contributed by atoms with van der Waals surface area (Å²) in [4.78, 5) is 22.7. The van der Waals surface area contributed by atoms with Gasteiger partial charge in [0.25, 0.3) is 0 Å². The van der Waals surface area contributed by atoms with Crippen LogP contribution in [0, 0.1) is 0 Å². The number of carbonyl (C=O) groups excluding carboxylic acids is 1. The van der Waals surface area contributed by atoms with Gasteiger partial charge >= 0.3 is 0 Å². The first-order valence-corrected chi connectivity index (χ1v) is 10.1. The predicted octanol–water partition coefficient (Wildman–Crippen LogP) is 4.76.